The summed E-state index contributed by atoms with van der Waals surface area (Å²) in [7, 11) is 0. The molecule has 2 fully saturated rings. The minimum absolute atomic E-state index is 0.0177. The highest BCUT2D eigenvalue weighted by Gasteiger charge is 2.47. The van der Waals surface area contributed by atoms with Gasteiger partial charge in [0.25, 0.3) is 5.91 Å². The fourth-order valence-electron chi connectivity index (χ4n) is 6.65. The van der Waals surface area contributed by atoms with Crippen LogP contribution in [0.1, 0.15) is 64.9 Å². The Morgan fingerprint density at radius 1 is 1.04 bits per heavy atom. The molecule has 1 aromatic carbocycles. The number of halogens is 2. The molecule has 3 aliphatic rings. The summed E-state index contributed by atoms with van der Waals surface area (Å²) in [6, 6.07) is 7.82. The lowest BCUT2D eigenvalue weighted by Gasteiger charge is -2.34. The van der Waals surface area contributed by atoms with Crippen LogP contribution in [0.2, 0.25) is 0 Å². The van der Waals surface area contributed by atoms with Crippen molar-refractivity contribution in [2.45, 2.75) is 51.6 Å². The second-order valence-corrected chi connectivity index (χ2v) is 12.9. The molecule has 9 nitrogen and oxygen atoms in total. The summed E-state index contributed by atoms with van der Waals surface area (Å²) in [5.74, 6) is 0.144. The highest BCUT2D eigenvalue weighted by molar-refractivity contribution is 7.23. The van der Waals surface area contributed by atoms with Gasteiger partial charge in [-0.2, -0.15) is 0 Å². The molecular weight excluding hydrogens is 598 g/mol. The SMILES string of the molecule is Cc1nnc(-c2c(CCC3CCOCC3)nc3c(c2-c2cc4ccnc(NCc5ccc(F)c(F)c5)c4s2)C(=O)N2CCC32)o1. The molecule has 1 unspecified atom stereocenters. The number of carbonyl (C=O) groups is 1. The van der Waals surface area contributed by atoms with Crippen molar-refractivity contribution in [1.82, 2.24) is 25.1 Å². The molecule has 45 heavy (non-hydrogen) atoms. The number of aromatic nitrogens is 4. The molecule has 7 heterocycles. The molecule has 0 bridgehead atoms. The first-order chi connectivity index (χ1) is 21.9. The number of hydrogen-bond donors (Lipinski definition) is 1. The maximum Gasteiger partial charge on any atom is 0.257 e. The average molecular weight is 629 g/mol. The van der Waals surface area contributed by atoms with Crippen LogP contribution in [0.4, 0.5) is 14.6 Å². The van der Waals surface area contributed by atoms with E-state index in [1.54, 1.807) is 19.2 Å². The zero-order chi connectivity index (χ0) is 30.7. The van der Waals surface area contributed by atoms with Gasteiger partial charge in [0.1, 0.15) is 5.82 Å². The number of anilines is 1. The summed E-state index contributed by atoms with van der Waals surface area (Å²) in [5, 5.41) is 12.8. The molecule has 1 N–H and O–H groups in total. The monoisotopic (exact) mass is 628 g/mol. The van der Waals surface area contributed by atoms with Crippen LogP contribution in [0.5, 0.6) is 0 Å². The summed E-state index contributed by atoms with van der Waals surface area (Å²) >= 11 is 1.52. The van der Waals surface area contributed by atoms with E-state index in [0.29, 0.717) is 46.8 Å². The highest BCUT2D eigenvalue weighted by atomic mass is 32.1. The van der Waals surface area contributed by atoms with Gasteiger partial charge in [-0.1, -0.05) is 6.07 Å². The minimum Gasteiger partial charge on any atom is -0.421 e. The molecule has 230 valence electrons. The Bertz CT molecular complexity index is 1950. The zero-order valence-corrected chi connectivity index (χ0v) is 25.4. The van der Waals surface area contributed by atoms with Gasteiger partial charge in [0.2, 0.25) is 11.8 Å². The van der Waals surface area contributed by atoms with Crippen LogP contribution < -0.4 is 5.32 Å². The number of fused-ring (bicyclic) bond motifs is 4. The Hall–Kier alpha value is -4.29. The van der Waals surface area contributed by atoms with E-state index in [2.05, 4.69) is 26.6 Å². The van der Waals surface area contributed by atoms with Crippen molar-refractivity contribution < 1.29 is 22.7 Å². The van der Waals surface area contributed by atoms with Gasteiger partial charge in [-0.15, -0.1) is 21.5 Å². The third kappa shape index (κ3) is 4.96. The average Bonchev–Trinajstić information content (AvgIpc) is 3.70. The highest BCUT2D eigenvalue weighted by Crippen LogP contribution is 2.51. The number of pyridine rings is 2. The predicted octanol–water partition coefficient (Wildman–Crippen LogP) is 6.87. The van der Waals surface area contributed by atoms with Crippen molar-refractivity contribution in [3.05, 3.63) is 76.6 Å². The van der Waals surface area contributed by atoms with Gasteiger partial charge >= 0.3 is 0 Å². The fraction of sp³-hybridized carbons (Fsp3) is 0.364. The van der Waals surface area contributed by atoms with Gasteiger partial charge < -0.3 is 19.4 Å². The van der Waals surface area contributed by atoms with Crippen molar-refractivity contribution >= 4 is 33.1 Å². The Morgan fingerprint density at radius 3 is 2.67 bits per heavy atom. The summed E-state index contributed by atoms with van der Waals surface area (Å²) in [6.07, 6.45) is 6.30. The number of thiophene rings is 1. The quantitative estimate of drug-likeness (QED) is 0.199. The third-order valence-electron chi connectivity index (χ3n) is 9.10. The second-order valence-electron chi connectivity index (χ2n) is 11.9. The molecule has 0 spiro atoms. The number of amides is 1. The zero-order valence-electron chi connectivity index (χ0n) is 24.6. The van der Waals surface area contributed by atoms with Gasteiger partial charge in [-0.05, 0) is 73.2 Å². The number of hydrogen-bond acceptors (Lipinski definition) is 9. The van der Waals surface area contributed by atoms with Crippen molar-refractivity contribution in [2.75, 3.05) is 25.1 Å². The van der Waals surface area contributed by atoms with E-state index in [1.807, 2.05) is 11.0 Å². The Labute approximate surface area is 261 Å². The van der Waals surface area contributed by atoms with Crippen LogP contribution in [0.25, 0.3) is 32.0 Å². The van der Waals surface area contributed by atoms with Crippen LogP contribution >= 0.6 is 11.3 Å². The number of ether oxygens (including phenoxy) is 1. The largest absolute Gasteiger partial charge is 0.421 e. The van der Waals surface area contributed by atoms with E-state index in [-0.39, 0.29) is 18.5 Å². The smallest absolute Gasteiger partial charge is 0.257 e. The number of aryl methyl sites for hydroxylation is 2. The number of nitrogens with one attached hydrogen (secondary N) is 1. The van der Waals surface area contributed by atoms with Gasteiger partial charge in [-0.25, -0.2) is 13.8 Å². The van der Waals surface area contributed by atoms with E-state index in [4.69, 9.17) is 14.1 Å². The van der Waals surface area contributed by atoms with Crippen molar-refractivity contribution in [3.8, 4) is 21.9 Å². The van der Waals surface area contributed by atoms with E-state index in [0.717, 1.165) is 83.3 Å². The number of nitrogens with zero attached hydrogens (tertiary/aromatic N) is 5. The molecular formula is C33H30F2N6O3S. The van der Waals surface area contributed by atoms with Crippen LogP contribution in [0.15, 0.2) is 40.9 Å². The van der Waals surface area contributed by atoms with Crippen LogP contribution in [-0.4, -0.2) is 50.7 Å². The van der Waals surface area contributed by atoms with Gasteiger partial charge in [0.05, 0.1) is 33.3 Å². The molecule has 12 heteroatoms. The third-order valence-corrected chi connectivity index (χ3v) is 10.3. The molecule has 3 aliphatic heterocycles. The summed E-state index contributed by atoms with van der Waals surface area (Å²) in [5.41, 5.74) is 4.39. The molecule has 4 aromatic heterocycles. The number of rotatable bonds is 8. The van der Waals surface area contributed by atoms with Crippen LogP contribution in [-0.2, 0) is 17.7 Å². The van der Waals surface area contributed by atoms with Crippen LogP contribution in [0.3, 0.4) is 0 Å². The Morgan fingerprint density at radius 2 is 1.91 bits per heavy atom. The van der Waals surface area contributed by atoms with Crippen molar-refractivity contribution in [3.63, 3.8) is 0 Å². The van der Waals surface area contributed by atoms with E-state index in [9.17, 15) is 13.6 Å². The topological polar surface area (TPSA) is 106 Å². The second kappa shape index (κ2) is 11.3. The first-order valence-electron chi connectivity index (χ1n) is 15.3. The summed E-state index contributed by atoms with van der Waals surface area (Å²) in [6.45, 7) is 4.28. The summed E-state index contributed by atoms with van der Waals surface area (Å²) in [4.78, 5) is 26.4. The first kappa shape index (κ1) is 28.2. The lowest BCUT2D eigenvalue weighted by molar-refractivity contribution is 0.0537. The predicted molar refractivity (Wildman–Crippen MR) is 165 cm³/mol. The molecule has 0 aliphatic carbocycles. The normalized spacial score (nSPS) is 17.9. The molecule has 5 aromatic rings. The minimum atomic E-state index is -0.892. The van der Waals surface area contributed by atoms with Gasteiger partial charge in [0.15, 0.2) is 11.6 Å². The van der Waals surface area contributed by atoms with E-state index < -0.39 is 11.6 Å². The van der Waals surface area contributed by atoms with Crippen molar-refractivity contribution in [2.24, 2.45) is 5.92 Å². The lowest BCUT2D eigenvalue weighted by atomic mass is 9.90. The maximum absolute atomic E-state index is 13.9. The van der Waals surface area contributed by atoms with Gasteiger partial charge in [-0.3, -0.25) is 9.78 Å². The fourth-order valence-corrected chi connectivity index (χ4v) is 7.83. The number of carbonyl (C=O) groups excluding carboxylic acids is 1. The molecule has 0 radical (unpaired) electrons. The Balaban J connectivity index is 1.26. The van der Waals surface area contributed by atoms with E-state index in [1.165, 1.54) is 17.4 Å². The molecule has 2 saturated heterocycles. The molecule has 1 atom stereocenters. The van der Waals surface area contributed by atoms with Gasteiger partial charge in [0, 0.05) is 49.9 Å². The maximum atomic E-state index is 13.9. The standard InChI is InChI=1S/C33H30F2N6O3S/c1-17-39-40-32(44-17)26-23(5-3-18-8-12-43-13-9-18)38-29-24-7-11-41(24)33(42)28(29)27(26)25-15-20-6-10-36-31(30(20)45-25)37-16-19-2-4-21(34)22(35)14-19/h2,4,6,10,14-15,18,24H,3,5,7-9,11-13,16H2,1H3,(H,36,37). The Kier molecular flexibility index (Phi) is 7.05. The first-order valence-corrected chi connectivity index (χ1v) is 16.1. The lowest BCUT2D eigenvalue weighted by Crippen LogP contribution is -2.39. The van der Waals surface area contributed by atoms with Crippen molar-refractivity contribution in [1.29, 1.82) is 0 Å². The molecule has 1 amide bonds. The van der Waals surface area contributed by atoms with Crippen LogP contribution in [0, 0.1) is 24.5 Å². The molecule has 8 rings (SSSR count). The number of benzene rings is 1. The van der Waals surface area contributed by atoms with E-state index >= 15 is 0 Å². The summed E-state index contributed by atoms with van der Waals surface area (Å²) < 4.78 is 39.8. The molecule has 0 saturated carbocycles.